The lowest BCUT2D eigenvalue weighted by Crippen LogP contribution is -1.84. The van der Waals surface area contributed by atoms with E-state index < -0.39 is 0 Å². The lowest BCUT2D eigenvalue weighted by atomic mass is 10.2. The molecule has 0 unspecified atom stereocenters. The highest BCUT2D eigenvalue weighted by atomic mass is 16.5. The molecule has 68 valence electrons. The molecule has 0 amide bonds. The number of benzene rings is 1. The fourth-order valence-corrected chi connectivity index (χ4v) is 1.70. The van der Waals surface area contributed by atoms with Crippen LogP contribution in [0.2, 0.25) is 0 Å². The van der Waals surface area contributed by atoms with Gasteiger partial charge in [0, 0.05) is 36.8 Å². The van der Waals surface area contributed by atoms with Crippen molar-refractivity contribution in [3.63, 3.8) is 0 Å². The Morgan fingerprint density at radius 3 is 2.85 bits per heavy atom. The summed E-state index contributed by atoms with van der Waals surface area (Å²) in [5.74, 6) is 0. The predicted molar refractivity (Wildman–Crippen MR) is 53.6 cm³/mol. The van der Waals surface area contributed by atoms with E-state index >= 15 is 0 Å². The molecule has 2 aromatic rings. The van der Waals surface area contributed by atoms with E-state index in [4.69, 9.17) is 4.74 Å². The van der Waals surface area contributed by atoms with Crippen LogP contribution in [0.25, 0.3) is 10.9 Å². The van der Waals surface area contributed by atoms with Gasteiger partial charge in [0.2, 0.25) is 0 Å². The second-order valence-electron chi connectivity index (χ2n) is 3.22. The number of hydrogen-bond donors (Lipinski definition) is 0. The molecule has 0 atom stereocenters. The van der Waals surface area contributed by atoms with Gasteiger partial charge in [-0.25, -0.2) is 0 Å². The van der Waals surface area contributed by atoms with E-state index in [1.54, 1.807) is 7.11 Å². The minimum absolute atomic E-state index is 0.682. The largest absolute Gasteiger partial charge is 0.380 e. The molecule has 0 bridgehead atoms. The molecule has 2 heteroatoms. The van der Waals surface area contributed by atoms with Crippen molar-refractivity contribution in [3.8, 4) is 0 Å². The zero-order chi connectivity index (χ0) is 9.26. The van der Waals surface area contributed by atoms with Gasteiger partial charge in [-0.2, -0.15) is 0 Å². The van der Waals surface area contributed by atoms with Crippen molar-refractivity contribution in [1.82, 2.24) is 4.57 Å². The van der Waals surface area contributed by atoms with Crippen molar-refractivity contribution in [3.05, 3.63) is 36.0 Å². The third kappa shape index (κ3) is 1.33. The molecule has 0 aliphatic rings. The van der Waals surface area contributed by atoms with Crippen LogP contribution >= 0.6 is 0 Å². The molecule has 0 N–H and O–H groups in total. The van der Waals surface area contributed by atoms with Crippen LogP contribution in [-0.4, -0.2) is 11.7 Å². The van der Waals surface area contributed by atoms with Crippen LogP contribution in [0.4, 0.5) is 0 Å². The molecule has 2 nitrogen and oxygen atoms in total. The highest BCUT2D eigenvalue weighted by Crippen LogP contribution is 2.20. The zero-order valence-electron chi connectivity index (χ0n) is 7.95. The zero-order valence-corrected chi connectivity index (χ0v) is 7.95. The van der Waals surface area contributed by atoms with E-state index in [1.165, 1.54) is 16.5 Å². The summed E-state index contributed by atoms with van der Waals surface area (Å²) < 4.78 is 7.26. The molecule has 0 saturated heterocycles. The Morgan fingerprint density at radius 2 is 2.08 bits per heavy atom. The molecule has 0 radical (unpaired) electrons. The number of rotatable bonds is 2. The summed E-state index contributed by atoms with van der Waals surface area (Å²) in [4.78, 5) is 0. The van der Waals surface area contributed by atoms with Gasteiger partial charge >= 0.3 is 0 Å². The van der Waals surface area contributed by atoms with Crippen molar-refractivity contribution in [1.29, 1.82) is 0 Å². The van der Waals surface area contributed by atoms with E-state index in [9.17, 15) is 0 Å². The van der Waals surface area contributed by atoms with Crippen LogP contribution in [0.5, 0.6) is 0 Å². The number of nitrogens with zero attached hydrogens (tertiary/aromatic N) is 1. The molecule has 0 fully saturated rings. The molecule has 1 heterocycles. The number of para-hydroxylation sites is 1. The maximum absolute atomic E-state index is 5.14. The molecular weight excluding hydrogens is 162 g/mol. The van der Waals surface area contributed by atoms with Crippen LogP contribution in [0, 0.1) is 0 Å². The fraction of sp³-hybridized carbons (Fsp3) is 0.273. The molecule has 0 saturated carbocycles. The molecule has 13 heavy (non-hydrogen) atoms. The molecule has 0 spiro atoms. The highest BCUT2D eigenvalue weighted by molar-refractivity contribution is 5.83. The number of ether oxygens (including phenoxy) is 1. The van der Waals surface area contributed by atoms with Gasteiger partial charge in [0.15, 0.2) is 0 Å². The number of methoxy groups -OCH3 is 1. The SMILES string of the molecule is COCc1cn(C)c2ccccc12. The highest BCUT2D eigenvalue weighted by Gasteiger charge is 2.03. The van der Waals surface area contributed by atoms with Gasteiger partial charge in [-0.05, 0) is 6.07 Å². The van der Waals surface area contributed by atoms with Crippen molar-refractivity contribution < 1.29 is 4.74 Å². The molecule has 2 rings (SSSR count). The number of fused-ring (bicyclic) bond motifs is 1. The first kappa shape index (κ1) is 8.32. The molecule has 1 aromatic carbocycles. The minimum atomic E-state index is 0.682. The van der Waals surface area contributed by atoms with E-state index in [2.05, 4.69) is 42.1 Å². The van der Waals surface area contributed by atoms with Crippen molar-refractivity contribution in [2.75, 3.05) is 7.11 Å². The lowest BCUT2D eigenvalue weighted by molar-refractivity contribution is 0.186. The fourth-order valence-electron chi connectivity index (χ4n) is 1.70. The van der Waals surface area contributed by atoms with Gasteiger partial charge < -0.3 is 9.30 Å². The summed E-state index contributed by atoms with van der Waals surface area (Å²) in [6.45, 7) is 0.682. The summed E-state index contributed by atoms with van der Waals surface area (Å²) in [5, 5.41) is 1.28. The van der Waals surface area contributed by atoms with Crippen LogP contribution in [0.3, 0.4) is 0 Å². The number of hydrogen-bond acceptors (Lipinski definition) is 1. The Kier molecular flexibility index (Phi) is 2.07. The van der Waals surface area contributed by atoms with Gasteiger partial charge in [-0.1, -0.05) is 18.2 Å². The maximum atomic E-state index is 5.14. The van der Waals surface area contributed by atoms with Crippen LogP contribution in [-0.2, 0) is 18.4 Å². The van der Waals surface area contributed by atoms with E-state index in [1.807, 2.05) is 0 Å². The Bertz CT molecular complexity index is 417. The average molecular weight is 175 g/mol. The Morgan fingerprint density at radius 1 is 1.31 bits per heavy atom. The van der Waals surface area contributed by atoms with E-state index in [-0.39, 0.29) is 0 Å². The summed E-state index contributed by atoms with van der Waals surface area (Å²) >= 11 is 0. The van der Waals surface area contributed by atoms with Crippen molar-refractivity contribution in [2.45, 2.75) is 6.61 Å². The van der Waals surface area contributed by atoms with Gasteiger partial charge in [-0.3, -0.25) is 0 Å². The first-order valence-electron chi connectivity index (χ1n) is 4.35. The number of aryl methyl sites for hydroxylation is 1. The molecule has 1 aromatic heterocycles. The molecule has 0 aliphatic carbocycles. The Labute approximate surface area is 77.7 Å². The minimum Gasteiger partial charge on any atom is -0.380 e. The second kappa shape index (κ2) is 3.23. The second-order valence-corrected chi connectivity index (χ2v) is 3.22. The normalized spacial score (nSPS) is 10.9. The van der Waals surface area contributed by atoms with Gasteiger partial charge in [-0.15, -0.1) is 0 Å². The molecule has 0 aliphatic heterocycles. The lowest BCUT2D eigenvalue weighted by Gasteiger charge is -1.95. The van der Waals surface area contributed by atoms with E-state index in [0.29, 0.717) is 6.61 Å². The quantitative estimate of drug-likeness (QED) is 0.683. The maximum Gasteiger partial charge on any atom is 0.0733 e. The third-order valence-corrected chi connectivity index (χ3v) is 2.28. The van der Waals surface area contributed by atoms with Gasteiger partial charge in [0.1, 0.15) is 0 Å². The van der Waals surface area contributed by atoms with Crippen LogP contribution in [0.1, 0.15) is 5.56 Å². The summed E-state index contributed by atoms with van der Waals surface area (Å²) in [5.41, 5.74) is 2.51. The Balaban J connectivity index is 2.63. The summed E-state index contributed by atoms with van der Waals surface area (Å²) in [6, 6.07) is 8.36. The van der Waals surface area contributed by atoms with Crippen molar-refractivity contribution in [2.24, 2.45) is 7.05 Å². The molecular formula is C11H13NO. The summed E-state index contributed by atoms with van der Waals surface area (Å²) in [7, 11) is 3.78. The van der Waals surface area contributed by atoms with Crippen molar-refractivity contribution >= 4 is 10.9 Å². The average Bonchev–Trinajstić information content (AvgIpc) is 2.46. The standard InChI is InChI=1S/C11H13NO/c1-12-7-9(8-13-2)10-5-3-4-6-11(10)12/h3-7H,8H2,1-2H3. The van der Waals surface area contributed by atoms with Crippen LogP contribution < -0.4 is 0 Å². The van der Waals surface area contributed by atoms with E-state index in [0.717, 1.165) is 0 Å². The summed E-state index contributed by atoms with van der Waals surface area (Å²) in [6.07, 6.45) is 2.12. The first-order chi connectivity index (χ1) is 6.33. The first-order valence-corrected chi connectivity index (χ1v) is 4.35. The monoisotopic (exact) mass is 175 g/mol. The third-order valence-electron chi connectivity index (χ3n) is 2.28. The van der Waals surface area contributed by atoms with Crippen LogP contribution in [0.15, 0.2) is 30.5 Å². The number of aromatic nitrogens is 1. The topological polar surface area (TPSA) is 14.2 Å². The van der Waals surface area contributed by atoms with Gasteiger partial charge in [0.05, 0.1) is 6.61 Å². The van der Waals surface area contributed by atoms with Gasteiger partial charge in [0.25, 0.3) is 0 Å². The predicted octanol–water partition coefficient (Wildman–Crippen LogP) is 2.32. The Hall–Kier alpha value is -1.28. The smallest absolute Gasteiger partial charge is 0.0733 e.